The van der Waals surface area contributed by atoms with Crippen LogP contribution in [0.5, 0.6) is 5.75 Å². The van der Waals surface area contributed by atoms with Gasteiger partial charge in [0.1, 0.15) is 12.4 Å². The molecule has 0 spiro atoms. The van der Waals surface area contributed by atoms with Crippen molar-refractivity contribution in [2.75, 3.05) is 26.2 Å². The Morgan fingerprint density at radius 1 is 1.00 bits per heavy atom. The first-order valence-electron chi connectivity index (χ1n) is 9.04. The van der Waals surface area contributed by atoms with E-state index in [0.29, 0.717) is 5.92 Å². The molecule has 0 bridgehead atoms. The van der Waals surface area contributed by atoms with Gasteiger partial charge in [-0.3, -0.25) is 4.90 Å². The van der Waals surface area contributed by atoms with Crippen LogP contribution in [0.15, 0.2) is 18.2 Å². The molecule has 1 aromatic carbocycles. The smallest absolute Gasteiger partial charge is 0.123 e. The van der Waals surface area contributed by atoms with Gasteiger partial charge in [-0.15, -0.1) is 0 Å². The SMILES string of the molecule is CCCCN(CCCC)CCOc1cc(C)ccc1C(C)C. The summed E-state index contributed by atoms with van der Waals surface area (Å²) in [5.41, 5.74) is 2.59. The predicted octanol–water partition coefficient (Wildman–Crippen LogP) is 5.40. The first kappa shape index (κ1) is 19.0. The maximum atomic E-state index is 6.13. The molecule has 0 aliphatic heterocycles. The minimum atomic E-state index is 0.506. The van der Waals surface area contributed by atoms with Gasteiger partial charge in [-0.05, 0) is 56.0 Å². The second kappa shape index (κ2) is 10.7. The summed E-state index contributed by atoms with van der Waals surface area (Å²) in [5, 5.41) is 0. The van der Waals surface area contributed by atoms with E-state index in [2.05, 4.69) is 57.7 Å². The highest BCUT2D eigenvalue weighted by Gasteiger charge is 2.09. The van der Waals surface area contributed by atoms with Crippen LogP contribution in [0.25, 0.3) is 0 Å². The number of hydrogen-bond donors (Lipinski definition) is 0. The normalized spacial score (nSPS) is 11.4. The van der Waals surface area contributed by atoms with Crippen LogP contribution in [-0.2, 0) is 0 Å². The third kappa shape index (κ3) is 6.83. The lowest BCUT2D eigenvalue weighted by atomic mass is 10.0. The molecular weight excluding hydrogens is 270 g/mol. The lowest BCUT2D eigenvalue weighted by molar-refractivity contribution is 0.203. The Bertz CT molecular complexity index is 406. The van der Waals surface area contributed by atoms with E-state index in [-0.39, 0.29) is 0 Å². The molecule has 0 saturated heterocycles. The molecule has 0 N–H and O–H groups in total. The van der Waals surface area contributed by atoms with Crippen molar-refractivity contribution >= 4 is 0 Å². The minimum Gasteiger partial charge on any atom is -0.492 e. The summed E-state index contributed by atoms with van der Waals surface area (Å²) >= 11 is 0. The lowest BCUT2D eigenvalue weighted by Crippen LogP contribution is -2.30. The average molecular weight is 306 g/mol. The molecule has 0 atom stereocenters. The molecule has 0 aliphatic carbocycles. The van der Waals surface area contributed by atoms with Gasteiger partial charge in [-0.1, -0.05) is 52.7 Å². The van der Waals surface area contributed by atoms with E-state index in [1.54, 1.807) is 0 Å². The Balaban J connectivity index is 2.54. The highest BCUT2D eigenvalue weighted by molar-refractivity contribution is 5.39. The third-order valence-corrected chi connectivity index (χ3v) is 4.11. The summed E-state index contributed by atoms with van der Waals surface area (Å²) in [4.78, 5) is 2.55. The average Bonchev–Trinajstić information content (AvgIpc) is 2.49. The van der Waals surface area contributed by atoms with Crippen LogP contribution in [0.1, 0.15) is 70.4 Å². The summed E-state index contributed by atoms with van der Waals surface area (Å²) < 4.78 is 6.13. The van der Waals surface area contributed by atoms with E-state index < -0.39 is 0 Å². The fourth-order valence-electron chi connectivity index (χ4n) is 2.63. The highest BCUT2D eigenvalue weighted by Crippen LogP contribution is 2.27. The van der Waals surface area contributed by atoms with Crippen LogP contribution >= 0.6 is 0 Å². The summed E-state index contributed by atoms with van der Waals surface area (Å²) in [6, 6.07) is 6.57. The van der Waals surface area contributed by atoms with Crippen LogP contribution in [0.3, 0.4) is 0 Å². The Labute approximate surface area is 137 Å². The van der Waals surface area contributed by atoms with Gasteiger partial charge in [0, 0.05) is 6.54 Å². The minimum absolute atomic E-state index is 0.506. The Kier molecular flexibility index (Phi) is 9.22. The van der Waals surface area contributed by atoms with Crippen LogP contribution in [0.2, 0.25) is 0 Å². The van der Waals surface area contributed by atoms with Crippen molar-refractivity contribution < 1.29 is 4.74 Å². The number of unbranched alkanes of at least 4 members (excludes halogenated alkanes) is 2. The quantitative estimate of drug-likeness (QED) is 0.543. The van der Waals surface area contributed by atoms with Gasteiger partial charge in [0.15, 0.2) is 0 Å². The summed E-state index contributed by atoms with van der Waals surface area (Å²) in [7, 11) is 0. The molecule has 0 aromatic heterocycles. The zero-order valence-electron chi connectivity index (χ0n) is 15.3. The number of rotatable bonds is 11. The number of hydrogen-bond acceptors (Lipinski definition) is 2. The number of benzene rings is 1. The van der Waals surface area contributed by atoms with E-state index in [9.17, 15) is 0 Å². The van der Waals surface area contributed by atoms with E-state index in [1.807, 2.05) is 0 Å². The molecule has 2 heteroatoms. The van der Waals surface area contributed by atoms with E-state index in [0.717, 1.165) is 18.9 Å². The molecule has 0 heterocycles. The standard InChI is InChI=1S/C20H35NO/c1-6-8-12-21(13-9-7-2)14-15-22-20-16-18(5)10-11-19(20)17(3)4/h10-11,16-17H,6-9,12-15H2,1-5H3. The molecule has 1 aromatic rings. The van der Waals surface area contributed by atoms with Crippen molar-refractivity contribution in [3.05, 3.63) is 29.3 Å². The summed E-state index contributed by atoms with van der Waals surface area (Å²) in [6.45, 7) is 15.3. The van der Waals surface area contributed by atoms with Gasteiger partial charge < -0.3 is 4.74 Å². The lowest BCUT2D eigenvalue weighted by Gasteiger charge is -2.23. The predicted molar refractivity (Wildman–Crippen MR) is 97.0 cm³/mol. The molecule has 0 radical (unpaired) electrons. The third-order valence-electron chi connectivity index (χ3n) is 4.11. The van der Waals surface area contributed by atoms with Crippen molar-refractivity contribution in [1.29, 1.82) is 0 Å². The fourth-order valence-corrected chi connectivity index (χ4v) is 2.63. The highest BCUT2D eigenvalue weighted by atomic mass is 16.5. The van der Waals surface area contributed by atoms with Crippen LogP contribution in [-0.4, -0.2) is 31.1 Å². The Morgan fingerprint density at radius 2 is 1.64 bits per heavy atom. The number of nitrogens with zero attached hydrogens (tertiary/aromatic N) is 1. The van der Waals surface area contributed by atoms with E-state index >= 15 is 0 Å². The van der Waals surface area contributed by atoms with Crippen molar-refractivity contribution in [2.24, 2.45) is 0 Å². The van der Waals surface area contributed by atoms with E-state index in [4.69, 9.17) is 4.74 Å². The zero-order chi connectivity index (χ0) is 16.4. The van der Waals surface area contributed by atoms with Crippen molar-refractivity contribution in [3.63, 3.8) is 0 Å². The largest absolute Gasteiger partial charge is 0.492 e. The van der Waals surface area contributed by atoms with Gasteiger partial charge in [0.25, 0.3) is 0 Å². The van der Waals surface area contributed by atoms with Crippen LogP contribution < -0.4 is 4.74 Å². The fraction of sp³-hybridized carbons (Fsp3) is 0.700. The van der Waals surface area contributed by atoms with Gasteiger partial charge in [0.05, 0.1) is 0 Å². The first-order chi connectivity index (χ1) is 10.6. The molecule has 2 nitrogen and oxygen atoms in total. The monoisotopic (exact) mass is 305 g/mol. The van der Waals surface area contributed by atoms with Gasteiger partial charge >= 0.3 is 0 Å². The molecule has 0 amide bonds. The maximum absolute atomic E-state index is 6.13. The molecule has 0 fully saturated rings. The Morgan fingerprint density at radius 3 is 2.18 bits per heavy atom. The zero-order valence-corrected chi connectivity index (χ0v) is 15.3. The first-order valence-corrected chi connectivity index (χ1v) is 9.04. The topological polar surface area (TPSA) is 12.5 Å². The van der Waals surface area contributed by atoms with Gasteiger partial charge in [0.2, 0.25) is 0 Å². The van der Waals surface area contributed by atoms with Crippen LogP contribution in [0.4, 0.5) is 0 Å². The maximum Gasteiger partial charge on any atom is 0.123 e. The molecule has 126 valence electrons. The number of ether oxygens (including phenoxy) is 1. The Hall–Kier alpha value is -1.02. The molecule has 1 rings (SSSR count). The second-order valence-electron chi connectivity index (χ2n) is 6.59. The molecule has 0 saturated carbocycles. The molecule has 22 heavy (non-hydrogen) atoms. The summed E-state index contributed by atoms with van der Waals surface area (Å²) in [5.74, 6) is 1.58. The summed E-state index contributed by atoms with van der Waals surface area (Å²) in [6.07, 6.45) is 5.09. The van der Waals surface area contributed by atoms with Crippen molar-refractivity contribution in [3.8, 4) is 5.75 Å². The molecule has 0 aliphatic rings. The second-order valence-corrected chi connectivity index (χ2v) is 6.59. The molecular formula is C20H35NO. The van der Waals surface area contributed by atoms with Gasteiger partial charge in [-0.2, -0.15) is 0 Å². The van der Waals surface area contributed by atoms with Crippen molar-refractivity contribution in [2.45, 2.75) is 66.2 Å². The van der Waals surface area contributed by atoms with Gasteiger partial charge in [-0.25, -0.2) is 0 Å². The molecule has 0 unspecified atom stereocenters. The number of aryl methyl sites for hydroxylation is 1. The van der Waals surface area contributed by atoms with Crippen LogP contribution in [0, 0.1) is 6.92 Å². The van der Waals surface area contributed by atoms with Crippen molar-refractivity contribution in [1.82, 2.24) is 4.90 Å². The van der Waals surface area contributed by atoms with E-state index in [1.165, 1.54) is 49.9 Å².